The van der Waals surface area contributed by atoms with E-state index in [1.54, 1.807) is 0 Å². The first-order chi connectivity index (χ1) is 12.7. The Kier molecular flexibility index (Phi) is 4.91. The molecule has 0 aliphatic carbocycles. The molecule has 0 bridgehead atoms. The number of halogens is 4. The SMILES string of the molecule is NC(=O)C1C(=O)N(c2ccccc2C(F)(F)F)CCC1c1ccc(F)cc1. The van der Waals surface area contributed by atoms with E-state index in [-0.39, 0.29) is 18.7 Å². The van der Waals surface area contributed by atoms with Crippen molar-refractivity contribution in [2.75, 3.05) is 11.4 Å². The molecule has 0 saturated carbocycles. The van der Waals surface area contributed by atoms with Crippen LogP contribution in [0.2, 0.25) is 0 Å². The van der Waals surface area contributed by atoms with Crippen LogP contribution in [0.5, 0.6) is 0 Å². The van der Waals surface area contributed by atoms with Crippen LogP contribution in [-0.2, 0) is 15.8 Å². The first-order valence-electron chi connectivity index (χ1n) is 8.22. The number of carbonyl (C=O) groups excluding carboxylic acids is 2. The third-order valence-electron chi connectivity index (χ3n) is 4.70. The van der Waals surface area contributed by atoms with Crippen molar-refractivity contribution in [1.82, 2.24) is 0 Å². The van der Waals surface area contributed by atoms with Gasteiger partial charge in [-0.1, -0.05) is 24.3 Å². The van der Waals surface area contributed by atoms with Gasteiger partial charge < -0.3 is 10.6 Å². The maximum Gasteiger partial charge on any atom is 0.418 e. The first kappa shape index (κ1) is 18.9. The quantitative estimate of drug-likeness (QED) is 0.655. The van der Waals surface area contributed by atoms with Crippen LogP contribution < -0.4 is 10.6 Å². The Bertz CT molecular complexity index is 865. The molecule has 2 aromatic rings. The van der Waals surface area contributed by atoms with Gasteiger partial charge in [0.15, 0.2) is 0 Å². The number of nitrogens with zero attached hydrogens (tertiary/aromatic N) is 1. The zero-order chi connectivity index (χ0) is 19.8. The van der Waals surface area contributed by atoms with E-state index in [1.807, 2.05) is 0 Å². The minimum Gasteiger partial charge on any atom is -0.369 e. The Hall–Kier alpha value is -2.90. The highest BCUT2D eigenvalue weighted by Crippen LogP contribution is 2.41. The predicted octanol–water partition coefficient (Wildman–Crippen LogP) is 3.47. The summed E-state index contributed by atoms with van der Waals surface area (Å²) in [6.45, 7) is -0.0161. The van der Waals surface area contributed by atoms with Gasteiger partial charge in [0.05, 0.1) is 11.3 Å². The summed E-state index contributed by atoms with van der Waals surface area (Å²) in [6, 6.07) is 9.99. The van der Waals surface area contributed by atoms with Gasteiger partial charge in [0.2, 0.25) is 11.8 Å². The van der Waals surface area contributed by atoms with Gasteiger partial charge in [-0.3, -0.25) is 9.59 Å². The average Bonchev–Trinajstić information content (AvgIpc) is 2.61. The summed E-state index contributed by atoms with van der Waals surface area (Å²) in [6.07, 6.45) is -4.43. The van der Waals surface area contributed by atoms with Crippen LogP contribution in [0.4, 0.5) is 23.2 Å². The molecule has 2 atom stereocenters. The number of hydrogen-bond acceptors (Lipinski definition) is 2. The number of benzene rings is 2. The second kappa shape index (κ2) is 7.02. The average molecular weight is 380 g/mol. The van der Waals surface area contributed by atoms with Gasteiger partial charge in [0.25, 0.3) is 0 Å². The molecule has 0 radical (unpaired) electrons. The molecule has 1 aliphatic heterocycles. The summed E-state index contributed by atoms with van der Waals surface area (Å²) in [5.41, 5.74) is 4.67. The molecular formula is C19H16F4N2O2. The largest absolute Gasteiger partial charge is 0.418 e. The number of anilines is 1. The second-order valence-electron chi connectivity index (χ2n) is 6.33. The standard InChI is InChI=1S/C19H16F4N2O2/c20-12-7-5-11(6-8-12)13-9-10-25(18(27)16(13)17(24)26)15-4-2-1-3-14(15)19(21,22)23/h1-8,13,16H,9-10H2,(H2,24,26). The molecule has 8 heteroatoms. The number of hydrogen-bond donors (Lipinski definition) is 1. The van der Waals surface area contributed by atoms with E-state index in [4.69, 9.17) is 5.73 Å². The molecule has 0 spiro atoms. The zero-order valence-corrected chi connectivity index (χ0v) is 14.0. The molecule has 142 valence electrons. The smallest absolute Gasteiger partial charge is 0.369 e. The Morgan fingerprint density at radius 3 is 2.30 bits per heavy atom. The van der Waals surface area contributed by atoms with Crippen molar-refractivity contribution in [1.29, 1.82) is 0 Å². The number of para-hydroxylation sites is 1. The number of primary amides is 1. The highest BCUT2D eigenvalue weighted by Gasteiger charge is 2.44. The first-order valence-corrected chi connectivity index (χ1v) is 8.22. The zero-order valence-electron chi connectivity index (χ0n) is 14.0. The van der Waals surface area contributed by atoms with E-state index in [1.165, 1.54) is 42.5 Å². The lowest BCUT2D eigenvalue weighted by atomic mass is 9.79. The van der Waals surface area contributed by atoms with Crippen LogP contribution in [0.1, 0.15) is 23.5 Å². The van der Waals surface area contributed by atoms with E-state index in [0.29, 0.717) is 5.56 Å². The molecule has 1 fully saturated rings. The molecule has 2 N–H and O–H groups in total. The lowest BCUT2D eigenvalue weighted by molar-refractivity contribution is -0.137. The molecule has 0 aromatic heterocycles. The van der Waals surface area contributed by atoms with Crippen LogP contribution in [0, 0.1) is 11.7 Å². The van der Waals surface area contributed by atoms with Gasteiger partial charge >= 0.3 is 6.18 Å². The summed E-state index contributed by atoms with van der Waals surface area (Å²) < 4.78 is 53.1. The Balaban J connectivity index is 1.99. The topological polar surface area (TPSA) is 63.4 Å². The number of nitrogens with two attached hydrogens (primary N) is 1. The molecule has 1 saturated heterocycles. The molecule has 27 heavy (non-hydrogen) atoms. The van der Waals surface area contributed by atoms with Crippen molar-refractivity contribution < 1.29 is 27.2 Å². The van der Waals surface area contributed by atoms with Crippen molar-refractivity contribution in [3.05, 3.63) is 65.5 Å². The number of piperidine rings is 1. The van der Waals surface area contributed by atoms with E-state index in [9.17, 15) is 27.2 Å². The molecule has 2 aromatic carbocycles. The predicted molar refractivity (Wildman–Crippen MR) is 90.2 cm³/mol. The Morgan fingerprint density at radius 2 is 1.70 bits per heavy atom. The van der Waals surface area contributed by atoms with E-state index < -0.39 is 41.2 Å². The monoisotopic (exact) mass is 380 g/mol. The fourth-order valence-electron chi connectivity index (χ4n) is 3.46. The summed E-state index contributed by atoms with van der Waals surface area (Å²) in [4.78, 5) is 25.8. The molecule has 4 nitrogen and oxygen atoms in total. The normalized spacial score (nSPS) is 20.6. The Morgan fingerprint density at radius 1 is 1.07 bits per heavy atom. The summed E-state index contributed by atoms with van der Waals surface area (Å²) in [5, 5.41) is 0. The molecule has 2 unspecified atom stereocenters. The van der Waals surface area contributed by atoms with Gasteiger partial charge in [-0.15, -0.1) is 0 Å². The minimum atomic E-state index is -4.65. The summed E-state index contributed by atoms with van der Waals surface area (Å²) in [7, 11) is 0. The van der Waals surface area contributed by atoms with Crippen LogP contribution in [0.15, 0.2) is 48.5 Å². The third kappa shape index (κ3) is 3.65. The van der Waals surface area contributed by atoms with Crippen molar-refractivity contribution in [3.8, 4) is 0 Å². The summed E-state index contributed by atoms with van der Waals surface area (Å²) >= 11 is 0. The fraction of sp³-hybridized carbons (Fsp3) is 0.263. The molecule has 3 rings (SSSR count). The van der Waals surface area contributed by atoms with Crippen LogP contribution in [-0.4, -0.2) is 18.4 Å². The van der Waals surface area contributed by atoms with Crippen molar-refractivity contribution >= 4 is 17.5 Å². The Labute approximate surface area is 152 Å². The highest BCUT2D eigenvalue weighted by atomic mass is 19.4. The van der Waals surface area contributed by atoms with Crippen molar-refractivity contribution in [2.45, 2.75) is 18.5 Å². The fourth-order valence-corrected chi connectivity index (χ4v) is 3.46. The van der Waals surface area contributed by atoms with Crippen molar-refractivity contribution in [3.63, 3.8) is 0 Å². The summed E-state index contributed by atoms with van der Waals surface area (Å²) in [5.74, 6) is -4.14. The van der Waals surface area contributed by atoms with E-state index in [2.05, 4.69) is 0 Å². The van der Waals surface area contributed by atoms with Crippen molar-refractivity contribution in [2.24, 2.45) is 11.7 Å². The van der Waals surface area contributed by atoms with E-state index in [0.717, 1.165) is 11.0 Å². The lowest BCUT2D eigenvalue weighted by Gasteiger charge is -2.37. The van der Waals surface area contributed by atoms with Gasteiger partial charge in [-0.05, 0) is 36.2 Å². The minimum absolute atomic E-state index is 0.0161. The molecule has 1 aliphatic rings. The van der Waals surface area contributed by atoms with Crippen LogP contribution in [0.25, 0.3) is 0 Å². The van der Waals surface area contributed by atoms with Gasteiger partial charge in [0, 0.05) is 12.5 Å². The van der Waals surface area contributed by atoms with Crippen LogP contribution >= 0.6 is 0 Å². The van der Waals surface area contributed by atoms with Gasteiger partial charge in [-0.25, -0.2) is 4.39 Å². The molecule has 2 amide bonds. The maximum absolute atomic E-state index is 13.3. The number of alkyl halides is 3. The van der Waals surface area contributed by atoms with Crippen LogP contribution in [0.3, 0.4) is 0 Å². The lowest BCUT2D eigenvalue weighted by Crippen LogP contribution is -2.50. The number of amides is 2. The maximum atomic E-state index is 13.3. The number of rotatable bonds is 3. The number of carbonyl (C=O) groups is 2. The van der Waals surface area contributed by atoms with E-state index >= 15 is 0 Å². The highest BCUT2D eigenvalue weighted by molar-refractivity contribution is 6.09. The third-order valence-corrected chi connectivity index (χ3v) is 4.70. The second-order valence-corrected chi connectivity index (χ2v) is 6.33. The molecule has 1 heterocycles. The molecular weight excluding hydrogens is 364 g/mol. The van der Waals surface area contributed by atoms with Gasteiger partial charge in [-0.2, -0.15) is 13.2 Å². The van der Waals surface area contributed by atoms with Gasteiger partial charge in [0.1, 0.15) is 11.7 Å².